The van der Waals surface area contributed by atoms with Crippen LogP contribution in [-0.2, 0) is 5.41 Å². The van der Waals surface area contributed by atoms with Gasteiger partial charge in [0.15, 0.2) is 0 Å². The summed E-state index contributed by atoms with van der Waals surface area (Å²) in [6.45, 7) is 6.84. The zero-order valence-corrected chi connectivity index (χ0v) is 28.8. The first-order chi connectivity index (χ1) is 24.5. The fourth-order valence-corrected chi connectivity index (χ4v) is 7.31. The van der Waals surface area contributed by atoms with E-state index >= 15 is 0 Å². The van der Waals surface area contributed by atoms with Crippen LogP contribution in [0.25, 0.3) is 23.3 Å². The van der Waals surface area contributed by atoms with Gasteiger partial charge in [0.1, 0.15) is 0 Å². The van der Waals surface area contributed by atoms with Gasteiger partial charge in [-0.2, -0.15) is 0 Å². The molecule has 8 rings (SSSR count). The molecule has 0 bridgehead atoms. The van der Waals surface area contributed by atoms with Crippen LogP contribution in [0.5, 0.6) is 0 Å². The van der Waals surface area contributed by atoms with Gasteiger partial charge in [0.25, 0.3) is 0 Å². The van der Waals surface area contributed by atoms with Crippen LogP contribution in [0, 0.1) is 6.92 Å². The molecule has 0 amide bonds. The second-order valence-electron chi connectivity index (χ2n) is 13.6. The number of anilines is 6. The zero-order valence-electron chi connectivity index (χ0n) is 28.8. The Morgan fingerprint density at radius 1 is 0.380 bits per heavy atom. The van der Waals surface area contributed by atoms with Crippen molar-refractivity contribution in [2.45, 2.75) is 26.2 Å². The predicted octanol–water partition coefficient (Wildman–Crippen LogP) is 13.4. The van der Waals surface area contributed by atoms with Crippen LogP contribution in [0.3, 0.4) is 0 Å². The Bertz CT molecular complexity index is 2240. The van der Waals surface area contributed by atoms with Gasteiger partial charge in [0, 0.05) is 39.5 Å². The van der Waals surface area contributed by atoms with Gasteiger partial charge in [0.05, 0.1) is 0 Å². The van der Waals surface area contributed by atoms with E-state index in [9.17, 15) is 0 Å². The average Bonchev–Trinajstić information content (AvgIpc) is 3.38. The highest BCUT2D eigenvalue weighted by molar-refractivity contribution is 5.86. The summed E-state index contributed by atoms with van der Waals surface area (Å²) >= 11 is 0. The van der Waals surface area contributed by atoms with Crippen molar-refractivity contribution in [2.75, 3.05) is 9.80 Å². The molecule has 0 N–H and O–H groups in total. The first kappa shape index (κ1) is 31.2. The van der Waals surface area contributed by atoms with E-state index < -0.39 is 0 Å². The van der Waals surface area contributed by atoms with Crippen LogP contribution in [-0.4, -0.2) is 0 Å². The Labute approximate surface area is 296 Å². The topological polar surface area (TPSA) is 6.48 Å². The lowest BCUT2D eigenvalue weighted by Crippen LogP contribution is -2.16. The van der Waals surface area contributed by atoms with E-state index in [0.717, 1.165) is 39.6 Å². The molecule has 242 valence electrons. The maximum absolute atomic E-state index is 2.39. The molecule has 0 saturated carbocycles. The largest absolute Gasteiger partial charge is 0.311 e. The molecule has 0 heterocycles. The lowest BCUT2D eigenvalue weighted by Gasteiger charge is -2.28. The van der Waals surface area contributed by atoms with Crippen molar-refractivity contribution in [1.29, 1.82) is 0 Å². The van der Waals surface area contributed by atoms with E-state index in [1.54, 1.807) is 0 Å². The minimum absolute atomic E-state index is 0.0611. The Morgan fingerprint density at radius 3 is 1.40 bits per heavy atom. The van der Waals surface area contributed by atoms with Crippen molar-refractivity contribution >= 4 is 46.3 Å². The normalized spacial score (nSPS) is 12.8. The summed E-state index contributed by atoms with van der Waals surface area (Å²) in [6.07, 6.45) is 4.38. The van der Waals surface area contributed by atoms with Gasteiger partial charge in [-0.3, -0.25) is 0 Å². The van der Waals surface area contributed by atoms with Crippen molar-refractivity contribution in [3.05, 3.63) is 204 Å². The van der Waals surface area contributed by atoms with Gasteiger partial charge >= 0.3 is 0 Å². The van der Waals surface area contributed by atoms with Gasteiger partial charge in [0.2, 0.25) is 0 Å². The molecular weight excluding hydrogens is 605 g/mol. The van der Waals surface area contributed by atoms with Gasteiger partial charge in [-0.05, 0) is 119 Å². The zero-order chi connectivity index (χ0) is 34.1. The van der Waals surface area contributed by atoms with Crippen LogP contribution in [0.1, 0.15) is 41.7 Å². The quantitative estimate of drug-likeness (QED) is 0.152. The van der Waals surface area contributed by atoms with E-state index in [4.69, 9.17) is 0 Å². The summed E-state index contributed by atoms with van der Waals surface area (Å²) in [5.41, 5.74) is 15.8. The fourth-order valence-electron chi connectivity index (χ4n) is 7.31. The molecule has 2 heteroatoms. The Morgan fingerprint density at radius 2 is 0.820 bits per heavy atom. The number of rotatable bonds is 8. The van der Waals surface area contributed by atoms with Crippen molar-refractivity contribution in [2.24, 2.45) is 0 Å². The molecule has 1 aliphatic carbocycles. The van der Waals surface area contributed by atoms with Crippen molar-refractivity contribution < 1.29 is 0 Å². The Hall–Kier alpha value is -6.12. The van der Waals surface area contributed by atoms with Gasteiger partial charge in [-0.25, -0.2) is 0 Å². The standard InChI is InChI=1S/C48H40N2/c1-35-13-12-18-42(33-35)50(43-31-32-45-44-19-10-11-20-46(44)48(2,3)47(45)34-43)41-29-25-37(26-30-41)22-21-36-23-27-40(28-24-36)49(38-14-6-4-7-15-38)39-16-8-5-9-17-39/h4-34H,1-3H3/b22-21+. The number of hydrogen-bond acceptors (Lipinski definition) is 2. The van der Waals surface area contributed by atoms with Crippen LogP contribution >= 0.6 is 0 Å². The highest BCUT2D eigenvalue weighted by atomic mass is 15.1. The number of benzene rings is 7. The van der Waals surface area contributed by atoms with Crippen molar-refractivity contribution in [3.8, 4) is 11.1 Å². The summed E-state index contributed by atoms with van der Waals surface area (Å²) < 4.78 is 0. The Kier molecular flexibility index (Phi) is 8.14. The molecular formula is C48H40N2. The van der Waals surface area contributed by atoms with Crippen molar-refractivity contribution in [1.82, 2.24) is 0 Å². The second kappa shape index (κ2) is 13.1. The maximum atomic E-state index is 2.39. The van der Waals surface area contributed by atoms with E-state index in [1.165, 1.54) is 33.5 Å². The molecule has 7 aromatic carbocycles. The SMILES string of the molecule is Cc1cccc(N(c2ccc(/C=C/c3ccc(N(c4ccccc4)c4ccccc4)cc3)cc2)c2ccc3c(c2)C(C)(C)c2ccccc2-3)c1. The average molecular weight is 645 g/mol. The van der Waals surface area contributed by atoms with Gasteiger partial charge in [-0.1, -0.05) is 129 Å². The third-order valence-electron chi connectivity index (χ3n) is 9.88. The first-order valence-electron chi connectivity index (χ1n) is 17.4. The number of hydrogen-bond donors (Lipinski definition) is 0. The molecule has 7 aromatic rings. The third kappa shape index (κ3) is 5.90. The van der Waals surface area contributed by atoms with Gasteiger partial charge < -0.3 is 9.80 Å². The highest BCUT2D eigenvalue weighted by Crippen LogP contribution is 2.50. The van der Waals surface area contributed by atoms with Crippen LogP contribution in [0.2, 0.25) is 0 Å². The highest BCUT2D eigenvalue weighted by Gasteiger charge is 2.35. The first-order valence-corrected chi connectivity index (χ1v) is 17.4. The number of para-hydroxylation sites is 2. The summed E-state index contributed by atoms with van der Waals surface area (Å²) in [5, 5.41) is 0. The van der Waals surface area contributed by atoms with Crippen LogP contribution in [0.4, 0.5) is 34.1 Å². The van der Waals surface area contributed by atoms with Crippen LogP contribution < -0.4 is 9.80 Å². The van der Waals surface area contributed by atoms with E-state index in [-0.39, 0.29) is 5.41 Å². The van der Waals surface area contributed by atoms with E-state index in [0.29, 0.717) is 0 Å². The third-order valence-corrected chi connectivity index (χ3v) is 9.88. The van der Waals surface area contributed by atoms with Gasteiger partial charge in [-0.15, -0.1) is 0 Å². The van der Waals surface area contributed by atoms with Crippen molar-refractivity contribution in [3.63, 3.8) is 0 Å². The second-order valence-corrected chi connectivity index (χ2v) is 13.6. The molecule has 0 aromatic heterocycles. The predicted molar refractivity (Wildman–Crippen MR) is 213 cm³/mol. The lowest BCUT2D eigenvalue weighted by molar-refractivity contribution is 0.660. The molecule has 0 aliphatic heterocycles. The molecule has 50 heavy (non-hydrogen) atoms. The number of aryl methyl sites for hydroxylation is 1. The summed E-state index contributed by atoms with van der Waals surface area (Å²) in [5.74, 6) is 0. The Balaban J connectivity index is 1.07. The summed E-state index contributed by atoms with van der Waals surface area (Å²) in [6, 6.07) is 63.3. The summed E-state index contributed by atoms with van der Waals surface area (Å²) in [4.78, 5) is 4.66. The van der Waals surface area contributed by atoms with E-state index in [2.05, 4.69) is 219 Å². The fraction of sp³-hybridized carbons (Fsp3) is 0.0833. The molecule has 2 nitrogen and oxygen atoms in total. The lowest BCUT2D eigenvalue weighted by atomic mass is 9.82. The number of nitrogens with zero attached hydrogens (tertiary/aromatic N) is 2. The molecule has 0 saturated heterocycles. The minimum atomic E-state index is -0.0611. The summed E-state index contributed by atoms with van der Waals surface area (Å²) in [7, 11) is 0. The minimum Gasteiger partial charge on any atom is -0.311 e. The number of fused-ring (bicyclic) bond motifs is 3. The molecule has 0 atom stereocenters. The molecule has 0 unspecified atom stereocenters. The molecule has 1 aliphatic rings. The monoisotopic (exact) mass is 644 g/mol. The van der Waals surface area contributed by atoms with E-state index in [1.807, 2.05) is 0 Å². The smallest absolute Gasteiger partial charge is 0.0465 e. The van der Waals surface area contributed by atoms with Crippen LogP contribution in [0.15, 0.2) is 176 Å². The molecule has 0 fully saturated rings. The maximum Gasteiger partial charge on any atom is 0.0465 e. The molecule has 0 spiro atoms. The molecule has 0 radical (unpaired) electrons.